The summed E-state index contributed by atoms with van der Waals surface area (Å²) in [5.41, 5.74) is 0.363. The summed E-state index contributed by atoms with van der Waals surface area (Å²) in [5.74, 6) is -1.96. The van der Waals surface area contributed by atoms with Crippen molar-refractivity contribution in [3.05, 3.63) is 65.5 Å². The molecule has 0 aliphatic carbocycles. The van der Waals surface area contributed by atoms with Crippen molar-refractivity contribution in [2.75, 3.05) is 6.54 Å². The van der Waals surface area contributed by atoms with Crippen molar-refractivity contribution in [1.82, 2.24) is 14.5 Å². The van der Waals surface area contributed by atoms with E-state index in [2.05, 4.69) is 5.32 Å². The van der Waals surface area contributed by atoms with E-state index in [1.165, 1.54) is 35.2 Å². The van der Waals surface area contributed by atoms with Crippen LogP contribution >= 0.6 is 0 Å². The molecule has 0 saturated heterocycles. The van der Waals surface area contributed by atoms with Gasteiger partial charge in [0.25, 0.3) is 15.9 Å². The molecule has 2 aromatic carbocycles. The van der Waals surface area contributed by atoms with E-state index in [-0.39, 0.29) is 53.9 Å². The summed E-state index contributed by atoms with van der Waals surface area (Å²) < 4.78 is 40.4. The summed E-state index contributed by atoms with van der Waals surface area (Å²) >= 11 is 0. The molecule has 0 bridgehead atoms. The first-order valence-corrected chi connectivity index (χ1v) is 12.5. The zero-order valence-electron chi connectivity index (χ0n) is 19.3. The number of sulfonamides is 1. The number of hydrogen-bond donors (Lipinski definition) is 1. The quantitative estimate of drug-likeness (QED) is 0.583. The van der Waals surface area contributed by atoms with E-state index in [1.54, 1.807) is 39.0 Å². The van der Waals surface area contributed by atoms with Crippen LogP contribution in [0, 0.1) is 5.82 Å². The predicted molar refractivity (Wildman–Crippen MR) is 124 cm³/mol. The number of hydrogen-bond acceptors (Lipinski definition) is 5. The molecule has 1 N–H and O–H groups in total. The lowest BCUT2D eigenvalue weighted by Crippen LogP contribution is -2.49. The maximum absolute atomic E-state index is 14.3. The van der Waals surface area contributed by atoms with E-state index in [4.69, 9.17) is 0 Å². The van der Waals surface area contributed by atoms with Gasteiger partial charge < -0.3 is 10.2 Å². The molecular formula is C24H28FN3O5S. The lowest BCUT2D eigenvalue weighted by molar-refractivity contribution is -0.141. The van der Waals surface area contributed by atoms with Gasteiger partial charge in [-0.05, 0) is 45.4 Å². The van der Waals surface area contributed by atoms with Gasteiger partial charge in [-0.3, -0.25) is 14.4 Å². The molecule has 34 heavy (non-hydrogen) atoms. The highest BCUT2D eigenvalue weighted by atomic mass is 32.2. The van der Waals surface area contributed by atoms with Gasteiger partial charge in [0.1, 0.15) is 16.8 Å². The molecule has 0 radical (unpaired) electrons. The van der Waals surface area contributed by atoms with Crippen LogP contribution in [0.15, 0.2) is 53.4 Å². The Morgan fingerprint density at radius 1 is 1.06 bits per heavy atom. The minimum Gasteiger partial charge on any atom is -0.352 e. The molecular weight excluding hydrogens is 461 g/mol. The second kappa shape index (κ2) is 10.3. The Morgan fingerprint density at radius 3 is 2.35 bits per heavy atom. The highest BCUT2D eigenvalue weighted by Crippen LogP contribution is 2.30. The van der Waals surface area contributed by atoms with Crippen LogP contribution in [0.2, 0.25) is 0 Å². The molecule has 182 valence electrons. The first-order valence-electron chi connectivity index (χ1n) is 11.0. The van der Waals surface area contributed by atoms with E-state index in [9.17, 15) is 27.2 Å². The highest BCUT2D eigenvalue weighted by Gasteiger charge is 2.40. The molecule has 8 nitrogen and oxygen atoms in total. The molecule has 0 spiro atoms. The molecule has 1 heterocycles. The van der Waals surface area contributed by atoms with Gasteiger partial charge in [0.2, 0.25) is 11.8 Å². The monoisotopic (exact) mass is 489 g/mol. The van der Waals surface area contributed by atoms with Gasteiger partial charge in [-0.25, -0.2) is 17.1 Å². The molecule has 0 unspecified atom stereocenters. The van der Waals surface area contributed by atoms with E-state index in [0.717, 1.165) is 4.31 Å². The zero-order valence-corrected chi connectivity index (χ0v) is 20.1. The normalized spacial score (nSPS) is 15.2. The second-order valence-electron chi connectivity index (χ2n) is 8.43. The Kier molecular flexibility index (Phi) is 7.71. The van der Waals surface area contributed by atoms with Crippen molar-refractivity contribution in [2.24, 2.45) is 0 Å². The minimum absolute atomic E-state index is 0.0496. The molecule has 1 aliphatic heterocycles. The molecule has 2 aromatic rings. The van der Waals surface area contributed by atoms with Crippen molar-refractivity contribution in [3.63, 3.8) is 0 Å². The van der Waals surface area contributed by atoms with Crippen molar-refractivity contribution in [1.29, 1.82) is 0 Å². The van der Waals surface area contributed by atoms with Gasteiger partial charge in [0.05, 0.1) is 5.56 Å². The fourth-order valence-electron chi connectivity index (χ4n) is 3.77. The summed E-state index contributed by atoms with van der Waals surface area (Å²) in [7, 11) is -3.97. The minimum atomic E-state index is -3.97. The Labute approximate surface area is 198 Å². The third kappa shape index (κ3) is 5.27. The number of fused-ring (bicyclic) bond motifs is 1. The summed E-state index contributed by atoms with van der Waals surface area (Å²) in [6.45, 7) is 4.84. The van der Waals surface area contributed by atoms with Crippen LogP contribution < -0.4 is 5.32 Å². The van der Waals surface area contributed by atoms with Gasteiger partial charge in [0.15, 0.2) is 0 Å². The average molecular weight is 490 g/mol. The molecule has 3 rings (SSSR count). The number of carbonyl (C=O) groups is 3. The molecule has 3 amide bonds. The first-order chi connectivity index (χ1) is 16.0. The average Bonchev–Trinajstić information content (AvgIpc) is 2.98. The van der Waals surface area contributed by atoms with Crippen molar-refractivity contribution in [3.8, 4) is 0 Å². The van der Waals surface area contributed by atoms with Crippen molar-refractivity contribution in [2.45, 2.75) is 57.1 Å². The Hall–Kier alpha value is -3.27. The smallest absolute Gasteiger partial charge is 0.269 e. The Balaban J connectivity index is 1.72. The molecule has 1 aliphatic rings. The van der Waals surface area contributed by atoms with Crippen LogP contribution in [0.3, 0.4) is 0 Å². The molecule has 0 aromatic heterocycles. The van der Waals surface area contributed by atoms with E-state index in [0.29, 0.717) is 0 Å². The van der Waals surface area contributed by atoms with Crippen molar-refractivity contribution >= 4 is 27.7 Å². The Bertz CT molecular complexity index is 1200. The Morgan fingerprint density at radius 2 is 1.71 bits per heavy atom. The van der Waals surface area contributed by atoms with Crippen LogP contribution in [0.25, 0.3) is 0 Å². The van der Waals surface area contributed by atoms with E-state index < -0.39 is 33.7 Å². The lowest BCUT2D eigenvalue weighted by atomic mass is 10.1. The number of nitrogens with one attached hydrogen (secondary N) is 1. The lowest BCUT2D eigenvalue weighted by Gasteiger charge is -2.29. The summed E-state index contributed by atoms with van der Waals surface area (Å²) in [4.78, 5) is 39.5. The maximum atomic E-state index is 14.3. The van der Waals surface area contributed by atoms with Crippen molar-refractivity contribution < 1.29 is 27.2 Å². The summed E-state index contributed by atoms with van der Waals surface area (Å²) in [6, 6.07) is 10.9. The summed E-state index contributed by atoms with van der Waals surface area (Å²) in [5, 5.41) is 2.75. The number of rotatable bonds is 9. The second-order valence-corrected chi connectivity index (χ2v) is 10.3. The summed E-state index contributed by atoms with van der Waals surface area (Å²) in [6.07, 6.45) is -0.0620. The number of nitrogens with zero attached hydrogens (tertiary/aromatic N) is 2. The van der Waals surface area contributed by atoms with Crippen LogP contribution in [0.1, 0.15) is 49.5 Å². The SMILES string of the molecule is CC(C)NC(=O)[C@H](C)N(Cc1ccccc1F)C(=O)CCCN1C(=O)c2ccccc2S1(=O)=O. The first kappa shape index (κ1) is 25.4. The largest absolute Gasteiger partial charge is 0.352 e. The third-order valence-corrected chi connectivity index (χ3v) is 7.40. The third-order valence-electron chi connectivity index (χ3n) is 5.56. The number of amides is 3. The van der Waals surface area contributed by atoms with E-state index >= 15 is 0 Å². The molecule has 0 saturated carbocycles. The molecule has 0 fully saturated rings. The van der Waals surface area contributed by atoms with Gasteiger partial charge in [-0.2, -0.15) is 0 Å². The van der Waals surface area contributed by atoms with Gasteiger partial charge in [-0.1, -0.05) is 30.3 Å². The van der Waals surface area contributed by atoms with Crippen LogP contribution in [-0.2, 0) is 26.2 Å². The fraction of sp³-hybridized carbons (Fsp3) is 0.375. The fourth-order valence-corrected chi connectivity index (χ4v) is 5.37. The van der Waals surface area contributed by atoms with E-state index in [1.807, 2.05) is 0 Å². The van der Waals surface area contributed by atoms with Crippen LogP contribution in [0.4, 0.5) is 4.39 Å². The van der Waals surface area contributed by atoms with Gasteiger partial charge in [0, 0.05) is 31.1 Å². The predicted octanol–water partition coefficient (Wildman–Crippen LogP) is 2.69. The topological polar surface area (TPSA) is 104 Å². The molecule has 10 heteroatoms. The van der Waals surface area contributed by atoms with Gasteiger partial charge in [-0.15, -0.1) is 0 Å². The van der Waals surface area contributed by atoms with Gasteiger partial charge >= 0.3 is 0 Å². The number of halogens is 1. The van der Waals surface area contributed by atoms with Crippen LogP contribution in [0.5, 0.6) is 0 Å². The standard InChI is InChI=1S/C24H28FN3O5S/c1-16(2)26-23(30)17(3)27(15-18-9-4-6-11-20(18)25)22(29)13-8-14-28-24(31)19-10-5-7-12-21(19)34(28,32)33/h4-7,9-12,16-17H,8,13-15H2,1-3H3,(H,26,30)/t17-/m0/s1. The zero-order chi connectivity index (χ0) is 25.0. The number of carbonyl (C=O) groups excluding carboxylic acids is 3. The maximum Gasteiger partial charge on any atom is 0.269 e. The molecule has 1 atom stereocenters. The number of benzene rings is 2. The van der Waals surface area contributed by atoms with Crippen LogP contribution in [-0.4, -0.2) is 54.0 Å². The highest BCUT2D eigenvalue weighted by molar-refractivity contribution is 7.90.